The van der Waals surface area contributed by atoms with Crippen molar-refractivity contribution in [1.29, 1.82) is 5.41 Å². The number of nitrogens with zero attached hydrogens (tertiary/aromatic N) is 1. The second kappa shape index (κ2) is 4.78. The van der Waals surface area contributed by atoms with Gasteiger partial charge in [-0.2, -0.15) is 0 Å². The molecule has 0 unspecified atom stereocenters. The Labute approximate surface area is 99.6 Å². The summed E-state index contributed by atoms with van der Waals surface area (Å²) in [7, 11) is 0. The largest absolute Gasteiger partial charge is 0.298 e. The highest BCUT2D eigenvalue weighted by molar-refractivity contribution is 7.12. The number of thiophene rings is 1. The van der Waals surface area contributed by atoms with Gasteiger partial charge in [0.05, 0.1) is 12.9 Å². The summed E-state index contributed by atoms with van der Waals surface area (Å²) < 4.78 is 0. The molecule has 86 valence electrons. The number of carbonyl (C=O) groups is 1. The summed E-state index contributed by atoms with van der Waals surface area (Å²) in [4.78, 5) is 15.3. The highest BCUT2D eigenvalue weighted by Gasteiger charge is 2.15. The standard InChI is InChI=1S/C12H16N2OS/c1-9(15)14(8-13)7-11-6-10-4-2-3-5-12(10)16-11/h6,8,13H,2-5,7H2,1H3. The van der Waals surface area contributed by atoms with Crippen molar-refractivity contribution >= 4 is 23.6 Å². The summed E-state index contributed by atoms with van der Waals surface area (Å²) >= 11 is 1.80. The third-order valence-electron chi connectivity index (χ3n) is 2.93. The fourth-order valence-corrected chi connectivity index (χ4v) is 3.31. The van der Waals surface area contributed by atoms with Gasteiger partial charge in [0.1, 0.15) is 0 Å². The van der Waals surface area contributed by atoms with Crippen LogP contribution in [0.25, 0.3) is 0 Å². The average molecular weight is 236 g/mol. The number of rotatable bonds is 3. The normalized spacial score (nSPS) is 14.3. The van der Waals surface area contributed by atoms with Crippen LogP contribution in [0.1, 0.15) is 35.1 Å². The van der Waals surface area contributed by atoms with Gasteiger partial charge in [0.2, 0.25) is 5.91 Å². The van der Waals surface area contributed by atoms with Crippen LogP contribution < -0.4 is 0 Å². The molecule has 1 aromatic rings. The Morgan fingerprint density at radius 1 is 1.56 bits per heavy atom. The second-order valence-corrected chi connectivity index (χ2v) is 5.37. The summed E-state index contributed by atoms with van der Waals surface area (Å²) in [6.45, 7) is 2.05. The summed E-state index contributed by atoms with van der Waals surface area (Å²) in [5, 5.41) is 7.19. The lowest BCUT2D eigenvalue weighted by Gasteiger charge is -2.12. The molecule has 1 aliphatic carbocycles. The van der Waals surface area contributed by atoms with Gasteiger partial charge in [-0.25, -0.2) is 0 Å². The first-order valence-corrected chi connectivity index (χ1v) is 6.40. The molecule has 0 spiro atoms. The number of nitrogens with one attached hydrogen (secondary N) is 1. The van der Waals surface area contributed by atoms with Crippen molar-refractivity contribution in [1.82, 2.24) is 4.90 Å². The van der Waals surface area contributed by atoms with E-state index in [4.69, 9.17) is 5.41 Å². The minimum absolute atomic E-state index is 0.0682. The minimum Gasteiger partial charge on any atom is -0.298 e. The Hall–Kier alpha value is -1.16. The van der Waals surface area contributed by atoms with E-state index in [-0.39, 0.29) is 5.91 Å². The molecule has 2 rings (SSSR count). The molecule has 1 heterocycles. The Bertz CT molecular complexity index is 388. The van der Waals surface area contributed by atoms with Crippen LogP contribution in [0.15, 0.2) is 6.07 Å². The minimum atomic E-state index is -0.0682. The molecule has 3 nitrogen and oxygen atoms in total. The van der Waals surface area contributed by atoms with Gasteiger partial charge in [0.25, 0.3) is 0 Å². The molecule has 0 atom stereocenters. The topological polar surface area (TPSA) is 44.2 Å². The highest BCUT2D eigenvalue weighted by atomic mass is 32.1. The zero-order valence-corrected chi connectivity index (χ0v) is 10.3. The Morgan fingerprint density at radius 2 is 2.31 bits per heavy atom. The summed E-state index contributed by atoms with van der Waals surface area (Å²) in [6.07, 6.45) is 6.04. The van der Waals surface area contributed by atoms with Crippen molar-refractivity contribution in [3.63, 3.8) is 0 Å². The van der Waals surface area contributed by atoms with Crippen molar-refractivity contribution in [2.45, 2.75) is 39.2 Å². The predicted octanol–water partition coefficient (Wildman–Crippen LogP) is 2.58. The second-order valence-electron chi connectivity index (χ2n) is 4.14. The molecule has 0 fully saturated rings. The lowest BCUT2D eigenvalue weighted by atomic mass is 9.99. The van der Waals surface area contributed by atoms with Gasteiger partial charge in [0.15, 0.2) is 0 Å². The zero-order valence-electron chi connectivity index (χ0n) is 9.45. The molecule has 0 saturated heterocycles. The van der Waals surface area contributed by atoms with Crippen LogP contribution in [0.3, 0.4) is 0 Å². The molecule has 4 heteroatoms. The monoisotopic (exact) mass is 236 g/mol. The molecule has 0 saturated carbocycles. The number of aryl methyl sites for hydroxylation is 2. The Balaban J connectivity index is 2.12. The molecule has 0 aromatic carbocycles. The molecule has 1 N–H and O–H groups in total. The van der Waals surface area contributed by atoms with Crippen molar-refractivity contribution < 1.29 is 4.79 Å². The van der Waals surface area contributed by atoms with Crippen LogP contribution >= 0.6 is 11.3 Å². The summed E-state index contributed by atoms with van der Waals surface area (Å²) in [6, 6.07) is 2.21. The van der Waals surface area contributed by atoms with E-state index in [0.29, 0.717) is 6.54 Å². The summed E-state index contributed by atoms with van der Waals surface area (Å²) in [5.41, 5.74) is 1.46. The van der Waals surface area contributed by atoms with E-state index < -0.39 is 0 Å². The van der Waals surface area contributed by atoms with Crippen molar-refractivity contribution in [2.75, 3.05) is 0 Å². The SMILES string of the molecule is CC(=O)N(C=N)Cc1cc2c(s1)CCCC2. The smallest absolute Gasteiger partial charge is 0.224 e. The molecule has 1 amide bonds. The predicted molar refractivity (Wildman–Crippen MR) is 66.0 cm³/mol. The molecule has 1 aromatic heterocycles. The van der Waals surface area contributed by atoms with E-state index in [1.165, 1.54) is 52.8 Å². The molecule has 0 aliphatic heterocycles. The van der Waals surface area contributed by atoms with Crippen LogP contribution in [0, 0.1) is 5.41 Å². The van der Waals surface area contributed by atoms with E-state index in [9.17, 15) is 4.79 Å². The fraction of sp³-hybridized carbons (Fsp3) is 0.500. The third kappa shape index (κ3) is 2.32. The van der Waals surface area contributed by atoms with Crippen LogP contribution in [-0.4, -0.2) is 17.1 Å². The molecule has 0 radical (unpaired) electrons. The number of hydrogen-bond acceptors (Lipinski definition) is 3. The maximum atomic E-state index is 11.2. The Morgan fingerprint density at radius 3 is 2.94 bits per heavy atom. The number of fused-ring (bicyclic) bond motifs is 1. The first kappa shape index (κ1) is 11.3. The van der Waals surface area contributed by atoms with E-state index in [0.717, 1.165) is 6.34 Å². The van der Waals surface area contributed by atoms with Gasteiger partial charge in [0, 0.05) is 16.7 Å². The molecule has 1 aliphatic rings. The van der Waals surface area contributed by atoms with Crippen LogP contribution in [-0.2, 0) is 24.2 Å². The zero-order chi connectivity index (χ0) is 11.5. The molecule has 0 bridgehead atoms. The lowest BCUT2D eigenvalue weighted by molar-refractivity contribution is -0.125. The number of carbonyl (C=O) groups excluding carboxylic acids is 1. The van der Waals surface area contributed by atoms with E-state index in [1.54, 1.807) is 11.3 Å². The van der Waals surface area contributed by atoms with Gasteiger partial charge in [-0.1, -0.05) is 0 Å². The van der Waals surface area contributed by atoms with Gasteiger partial charge in [-0.05, 0) is 37.3 Å². The van der Waals surface area contributed by atoms with Crippen molar-refractivity contribution in [2.24, 2.45) is 0 Å². The summed E-state index contributed by atoms with van der Waals surface area (Å²) in [5.74, 6) is -0.0682. The number of hydrogen-bond donors (Lipinski definition) is 1. The van der Waals surface area contributed by atoms with E-state index in [1.807, 2.05) is 0 Å². The van der Waals surface area contributed by atoms with E-state index >= 15 is 0 Å². The third-order valence-corrected chi connectivity index (χ3v) is 4.16. The first-order chi connectivity index (χ1) is 7.70. The quantitative estimate of drug-likeness (QED) is 0.636. The van der Waals surface area contributed by atoms with Gasteiger partial charge >= 0.3 is 0 Å². The molecular formula is C12H16N2OS. The molecular weight excluding hydrogens is 220 g/mol. The molecule has 16 heavy (non-hydrogen) atoms. The lowest BCUT2D eigenvalue weighted by Crippen LogP contribution is -2.25. The first-order valence-electron chi connectivity index (χ1n) is 5.59. The highest BCUT2D eigenvalue weighted by Crippen LogP contribution is 2.30. The fourth-order valence-electron chi connectivity index (χ4n) is 2.05. The van der Waals surface area contributed by atoms with Crippen LogP contribution in [0.4, 0.5) is 0 Å². The van der Waals surface area contributed by atoms with Crippen LogP contribution in [0.5, 0.6) is 0 Å². The number of amides is 1. The van der Waals surface area contributed by atoms with Gasteiger partial charge in [-0.3, -0.25) is 15.1 Å². The van der Waals surface area contributed by atoms with Crippen molar-refractivity contribution in [3.8, 4) is 0 Å². The van der Waals surface area contributed by atoms with Crippen LogP contribution in [0.2, 0.25) is 0 Å². The average Bonchev–Trinajstić information content (AvgIpc) is 2.67. The van der Waals surface area contributed by atoms with Gasteiger partial charge < -0.3 is 0 Å². The Kier molecular flexibility index (Phi) is 3.39. The van der Waals surface area contributed by atoms with Crippen molar-refractivity contribution in [3.05, 3.63) is 21.4 Å². The van der Waals surface area contributed by atoms with E-state index in [2.05, 4.69) is 6.07 Å². The maximum Gasteiger partial charge on any atom is 0.224 e. The maximum absolute atomic E-state index is 11.2. The van der Waals surface area contributed by atoms with Gasteiger partial charge in [-0.15, -0.1) is 11.3 Å².